The number of carbonyl (C=O) groups is 1. The molecule has 0 bridgehead atoms. The molecule has 0 spiro atoms. The van der Waals surface area contributed by atoms with E-state index in [1.165, 1.54) is 0 Å². The van der Waals surface area contributed by atoms with Crippen LogP contribution in [0.2, 0.25) is 0 Å². The molecule has 0 saturated carbocycles. The number of benzene rings is 1. The van der Waals surface area contributed by atoms with Gasteiger partial charge in [-0.05, 0) is 31.9 Å². The minimum Gasteiger partial charge on any atom is -0.424 e. The topological polar surface area (TPSA) is 35.5 Å². The third-order valence-corrected chi connectivity index (χ3v) is 2.89. The average molecular weight is 232 g/mol. The Hall–Kier alpha value is -1.77. The van der Waals surface area contributed by atoms with E-state index in [1.807, 2.05) is 57.2 Å². The summed E-state index contributed by atoms with van der Waals surface area (Å²) in [5.41, 5.74) is 1.39. The molecule has 0 N–H and O–H groups in total. The molecule has 1 atom stereocenters. The van der Waals surface area contributed by atoms with Crippen LogP contribution < -0.4 is 0 Å². The van der Waals surface area contributed by atoms with E-state index in [1.54, 1.807) is 0 Å². The van der Waals surface area contributed by atoms with Gasteiger partial charge in [-0.1, -0.05) is 36.4 Å². The van der Waals surface area contributed by atoms with E-state index in [2.05, 4.69) is 0 Å². The van der Waals surface area contributed by atoms with Crippen LogP contribution in [0.1, 0.15) is 26.3 Å². The number of hydrogen-bond donors (Lipinski definition) is 0. The molecule has 1 unspecified atom stereocenters. The molecule has 0 aliphatic carbocycles. The first kappa shape index (κ1) is 11.7. The first-order valence-corrected chi connectivity index (χ1v) is 5.66. The number of hydrogen-bond acceptors (Lipinski definition) is 3. The van der Waals surface area contributed by atoms with Crippen LogP contribution in [-0.4, -0.2) is 17.9 Å². The lowest BCUT2D eigenvalue weighted by atomic mass is 9.90. The number of cyclic esters (lactones) is 2. The molecule has 2 rings (SSSR count). The fraction of sp³-hybridized carbons (Fsp3) is 0.357. The predicted octanol–water partition coefficient (Wildman–Crippen LogP) is 3.40. The summed E-state index contributed by atoms with van der Waals surface area (Å²) < 4.78 is 10.4. The summed E-state index contributed by atoms with van der Waals surface area (Å²) in [5, 5.41) is 0. The molecule has 1 aromatic carbocycles. The van der Waals surface area contributed by atoms with Crippen molar-refractivity contribution in [3.63, 3.8) is 0 Å². The van der Waals surface area contributed by atoms with E-state index in [4.69, 9.17) is 9.47 Å². The van der Waals surface area contributed by atoms with Crippen molar-refractivity contribution in [2.75, 3.05) is 0 Å². The van der Waals surface area contributed by atoms with E-state index in [0.717, 1.165) is 11.1 Å². The molecule has 1 heterocycles. The minimum atomic E-state index is -0.630. The summed E-state index contributed by atoms with van der Waals surface area (Å²) >= 11 is 0. The lowest BCUT2D eigenvalue weighted by Gasteiger charge is -2.24. The normalized spacial score (nSPS) is 23.1. The second-order valence-electron chi connectivity index (χ2n) is 4.56. The highest BCUT2D eigenvalue weighted by Crippen LogP contribution is 2.35. The van der Waals surface area contributed by atoms with Gasteiger partial charge in [0.05, 0.1) is 0 Å². The van der Waals surface area contributed by atoms with Gasteiger partial charge in [0.2, 0.25) is 0 Å². The summed E-state index contributed by atoms with van der Waals surface area (Å²) in [7, 11) is 0. The van der Waals surface area contributed by atoms with Crippen LogP contribution in [0.3, 0.4) is 0 Å². The van der Waals surface area contributed by atoms with Gasteiger partial charge in [0, 0.05) is 0 Å². The van der Waals surface area contributed by atoms with Crippen molar-refractivity contribution in [1.29, 1.82) is 0 Å². The standard InChI is InChI=1S/C14H16O3/c1-4-11(10-8-6-5-7-9-10)12-14(2,3)17-13(15)16-12/h4-9,12H,1-3H3/b11-4+. The Morgan fingerprint density at radius 2 is 1.94 bits per heavy atom. The summed E-state index contributed by atoms with van der Waals surface area (Å²) in [6.07, 6.45) is 1.00. The van der Waals surface area contributed by atoms with Crippen LogP contribution in [0.5, 0.6) is 0 Å². The van der Waals surface area contributed by atoms with E-state index in [-0.39, 0.29) is 6.10 Å². The molecule has 3 heteroatoms. The summed E-state index contributed by atoms with van der Waals surface area (Å²) in [6.45, 7) is 5.65. The Bertz CT molecular complexity index is 446. The summed E-state index contributed by atoms with van der Waals surface area (Å²) in [6, 6.07) is 9.88. The maximum atomic E-state index is 11.2. The van der Waals surface area contributed by atoms with Gasteiger partial charge in [-0.15, -0.1) is 0 Å². The smallest absolute Gasteiger partial charge is 0.424 e. The monoisotopic (exact) mass is 232 g/mol. The van der Waals surface area contributed by atoms with Gasteiger partial charge in [-0.3, -0.25) is 0 Å². The quantitative estimate of drug-likeness (QED) is 0.733. The number of carbonyl (C=O) groups excluding carboxylic acids is 1. The van der Waals surface area contributed by atoms with E-state index in [0.29, 0.717) is 0 Å². The minimum absolute atomic E-state index is 0.359. The van der Waals surface area contributed by atoms with Gasteiger partial charge in [0.15, 0.2) is 11.7 Å². The van der Waals surface area contributed by atoms with Crippen molar-refractivity contribution < 1.29 is 14.3 Å². The van der Waals surface area contributed by atoms with Crippen LogP contribution in [0.25, 0.3) is 5.57 Å². The molecule has 0 radical (unpaired) electrons. The van der Waals surface area contributed by atoms with Gasteiger partial charge in [0.1, 0.15) is 0 Å². The molecule has 1 aromatic rings. The Balaban J connectivity index is 2.36. The third kappa shape index (κ3) is 2.18. The Morgan fingerprint density at radius 3 is 2.41 bits per heavy atom. The molecular weight excluding hydrogens is 216 g/mol. The summed E-state index contributed by atoms with van der Waals surface area (Å²) in [5.74, 6) is 0. The lowest BCUT2D eigenvalue weighted by Crippen LogP contribution is -2.33. The number of ether oxygens (including phenoxy) is 2. The van der Waals surface area contributed by atoms with Gasteiger partial charge in [-0.25, -0.2) is 4.79 Å². The average Bonchev–Trinajstić information content (AvgIpc) is 2.55. The Labute approximate surface area is 101 Å². The van der Waals surface area contributed by atoms with Gasteiger partial charge in [0.25, 0.3) is 0 Å². The SMILES string of the molecule is C/C=C(\c1ccccc1)C1OC(=O)OC1(C)C. The van der Waals surface area contributed by atoms with Crippen molar-refractivity contribution in [2.24, 2.45) is 0 Å². The molecule has 90 valence electrons. The number of rotatable bonds is 2. The highest BCUT2D eigenvalue weighted by atomic mass is 16.8. The largest absolute Gasteiger partial charge is 0.509 e. The van der Waals surface area contributed by atoms with Crippen molar-refractivity contribution in [1.82, 2.24) is 0 Å². The fourth-order valence-corrected chi connectivity index (χ4v) is 2.07. The zero-order valence-electron chi connectivity index (χ0n) is 10.3. The molecule has 0 aromatic heterocycles. The van der Waals surface area contributed by atoms with Crippen molar-refractivity contribution in [3.8, 4) is 0 Å². The predicted molar refractivity (Wildman–Crippen MR) is 65.5 cm³/mol. The number of allylic oxidation sites excluding steroid dienone is 1. The highest BCUT2D eigenvalue weighted by Gasteiger charge is 2.45. The van der Waals surface area contributed by atoms with Gasteiger partial charge >= 0.3 is 6.16 Å². The Morgan fingerprint density at radius 1 is 1.29 bits per heavy atom. The second-order valence-corrected chi connectivity index (χ2v) is 4.56. The van der Waals surface area contributed by atoms with Crippen LogP contribution in [0, 0.1) is 0 Å². The van der Waals surface area contributed by atoms with Gasteiger partial charge in [-0.2, -0.15) is 0 Å². The van der Waals surface area contributed by atoms with Crippen LogP contribution >= 0.6 is 0 Å². The molecule has 1 fully saturated rings. The maximum Gasteiger partial charge on any atom is 0.509 e. The van der Waals surface area contributed by atoms with E-state index in [9.17, 15) is 4.79 Å². The third-order valence-electron chi connectivity index (χ3n) is 2.89. The van der Waals surface area contributed by atoms with Crippen molar-refractivity contribution in [2.45, 2.75) is 32.5 Å². The first-order chi connectivity index (χ1) is 8.04. The fourth-order valence-electron chi connectivity index (χ4n) is 2.07. The van der Waals surface area contributed by atoms with Crippen LogP contribution in [0.4, 0.5) is 4.79 Å². The zero-order valence-corrected chi connectivity index (χ0v) is 10.3. The van der Waals surface area contributed by atoms with Gasteiger partial charge < -0.3 is 9.47 Å². The highest BCUT2D eigenvalue weighted by molar-refractivity contribution is 5.75. The molecule has 1 aliphatic rings. The van der Waals surface area contributed by atoms with Crippen molar-refractivity contribution in [3.05, 3.63) is 42.0 Å². The van der Waals surface area contributed by atoms with Crippen LogP contribution in [-0.2, 0) is 9.47 Å². The van der Waals surface area contributed by atoms with E-state index < -0.39 is 11.8 Å². The molecule has 17 heavy (non-hydrogen) atoms. The molecule has 0 amide bonds. The molecule has 1 saturated heterocycles. The van der Waals surface area contributed by atoms with E-state index >= 15 is 0 Å². The lowest BCUT2D eigenvalue weighted by molar-refractivity contribution is 0.0779. The maximum absolute atomic E-state index is 11.2. The van der Waals surface area contributed by atoms with Crippen LogP contribution in [0.15, 0.2) is 36.4 Å². The summed E-state index contributed by atoms with van der Waals surface area (Å²) in [4.78, 5) is 11.2. The molecule has 1 aliphatic heterocycles. The first-order valence-electron chi connectivity index (χ1n) is 5.66. The Kier molecular flexibility index (Phi) is 2.92. The molecular formula is C14H16O3. The second kappa shape index (κ2) is 4.24. The molecule has 3 nitrogen and oxygen atoms in total. The van der Waals surface area contributed by atoms with Crippen molar-refractivity contribution >= 4 is 11.7 Å². The zero-order chi connectivity index (χ0) is 12.5.